The minimum Gasteiger partial charge on any atom is -0.389 e. The lowest BCUT2D eigenvalue weighted by Gasteiger charge is -2.48. The molecule has 0 radical (unpaired) electrons. The molecule has 1 aliphatic heterocycles. The van der Waals surface area contributed by atoms with Gasteiger partial charge in [0.25, 0.3) is 0 Å². The van der Waals surface area contributed by atoms with Gasteiger partial charge in [0, 0.05) is 36.7 Å². The summed E-state index contributed by atoms with van der Waals surface area (Å²) in [5, 5.41) is 13.2. The number of imide groups is 1. The summed E-state index contributed by atoms with van der Waals surface area (Å²) in [5.74, 6) is -0.445. The first-order valence-electron chi connectivity index (χ1n) is 11.0. The van der Waals surface area contributed by atoms with Crippen molar-refractivity contribution in [3.8, 4) is 0 Å². The van der Waals surface area contributed by atoms with Gasteiger partial charge in [-0.2, -0.15) is 0 Å². The number of nitrogens with zero attached hydrogens (tertiary/aromatic N) is 2. The third-order valence-corrected chi connectivity index (χ3v) is 9.07. The van der Waals surface area contributed by atoms with Crippen LogP contribution in [0, 0.1) is 16.7 Å². The molecule has 0 unspecified atom stereocenters. The van der Waals surface area contributed by atoms with E-state index in [2.05, 4.69) is 48.6 Å². The van der Waals surface area contributed by atoms with Crippen LogP contribution in [0.25, 0.3) is 21.8 Å². The zero-order chi connectivity index (χ0) is 23.0. The summed E-state index contributed by atoms with van der Waals surface area (Å²) < 4.78 is 4.05. The van der Waals surface area contributed by atoms with Crippen LogP contribution in [0.5, 0.6) is 0 Å². The highest BCUT2D eigenvalue weighted by atomic mass is 79.9. The summed E-state index contributed by atoms with van der Waals surface area (Å²) in [4.78, 5) is 27.8. The number of carbonyl (C=O) groups is 2. The number of aliphatic hydroxyl groups excluding tert-OH is 1. The maximum atomic E-state index is 13.3. The van der Waals surface area contributed by atoms with E-state index in [1.807, 2.05) is 45.0 Å². The average molecular weight is 562 g/mol. The average Bonchev–Trinajstić information content (AvgIpc) is 3.12. The van der Waals surface area contributed by atoms with Gasteiger partial charge < -0.3 is 9.67 Å². The van der Waals surface area contributed by atoms with Crippen molar-refractivity contribution in [2.45, 2.75) is 46.3 Å². The summed E-state index contributed by atoms with van der Waals surface area (Å²) in [6, 6.07) is 12.2. The van der Waals surface area contributed by atoms with Crippen molar-refractivity contribution in [1.82, 2.24) is 9.47 Å². The molecule has 1 N–H and O–H groups in total. The second kappa shape index (κ2) is 7.40. The van der Waals surface area contributed by atoms with Crippen LogP contribution in [-0.2, 0) is 16.1 Å². The van der Waals surface area contributed by atoms with Crippen LogP contribution in [-0.4, -0.2) is 39.0 Å². The van der Waals surface area contributed by atoms with Gasteiger partial charge in [0.05, 0.1) is 24.6 Å². The number of aromatic nitrogens is 1. The van der Waals surface area contributed by atoms with Crippen molar-refractivity contribution in [1.29, 1.82) is 0 Å². The Morgan fingerprint density at radius 3 is 2.12 bits per heavy atom. The second-order valence-corrected chi connectivity index (χ2v) is 11.8. The number of hydrogen-bond donors (Lipinski definition) is 1. The maximum Gasteiger partial charge on any atom is 0.235 e. The van der Waals surface area contributed by atoms with E-state index >= 15 is 0 Å². The molecule has 1 aliphatic carbocycles. The van der Waals surface area contributed by atoms with Crippen LogP contribution in [0.1, 0.15) is 33.6 Å². The summed E-state index contributed by atoms with van der Waals surface area (Å²) >= 11 is 7.11. The molecular formula is C25H26Br2N2O3. The zero-order valence-electron chi connectivity index (χ0n) is 18.4. The van der Waals surface area contributed by atoms with Gasteiger partial charge in [-0.05, 0) is 54.7 Å². The van der Waals surface area contributed by atoms with Crippen molar-refractivity contribution < 1.29 is 14.7 Å². The molecule has 0 spiro atoms. The van der Waals surface area contributed by atoms with Crippen LogP contribution in [0.3, 0.4) is 0 Å². The number of halogens is 2. The Morgan fingerprint density at radius 2 is 1.56 bits per heavy atom. The normalized spacial score (nSPS) is 25.8. The van der Waals surface area contributed by atoms with Gasteiger partial charge in [-0.15, -0.1) is 0 Å². The number of benzene rings is 2. The summed E-state index contributed by atoms with van der Waals surface area (Å²) in [5.41, 5.74) is 1.10. The van der Waals surface area contributed by atoms with E-state index < -0.39 is 11.5 Å². The Kier molecular flexibility index (Phi) is 5.12. The fourth-order valence-electron chi connectivity index (χ4n) is 5.80. The first-order chi connectivity index (χ1) is 15.0. The third kappa shape index (κ3) is 3.04. The Hall–Kier alpha value is -1.70. The molecule has 1 aromatic heterocycles. The standard InChI is InChI=1S/C25H26Br2N2O3/c1-24(2)19-8-9-25(24,3)23(32)29(22(19)31)13-16(30)12-28-20-6-4-14(26)10-17(20)18-11-15(27)5-7-21(18)28/h4-7,10-11,16,19,30H,8-9,12-13H2,1-3H3/t16-,19-,25-/m1/s1. The van der Waals surface area contributed by atoms with Crippen molar-refractivity contribution in [3.05, 3.63) is 45.3 Å². The number of amides is 2. The number of hydrogen-bond acceptors (Lipinski definition) is 3. The molecule has 5 rings (SSSR count). The predicted octanol–water partition coefficient (Wildman–Crippen LogP) is 5.49. The van der Waals surface area contributed by atoms with Gasteiger partial charge >= 0.3 is 0 Å². The smallest absolute Gasteiger partial charge is 0.235 e. The fourth-order valence-corrected chi connectivity index (χ4v) is 6.52. The molecule has 7 heteroatoms. The minimum absolute atomic E-state index is 0.0219. The molecule has 1 saturated heterocycles. The number of rotatable bonds is 4. The van der Waals surface area contributed by atoms with Crippen molar-refractivity contribution >= 4 is 65.5 Å². The monoisotopic (exact) mass is 560 g/mol. The van der Waals surface area contributed by atoms with Gasteiger partial charge in [-0.25, -0.2) is 0 Å². The van der Waals surface area contributed by atoms with Crippen LogP contribution in [0.4, 0.5) is 0 Å². The van der Waals surface area contributed by atoms with E-state index in [0.717, 1.165) is 43.6 Å². The molecule has 2 aliphatic rings. The van der Waals surface area contributed by atoms with Crippen LogP contribution < -0.4 is 0 Å². The lowest BCUT2D eigenvalue weighted by molar-refractivity contribution is -0.169. The number of likely N-dealkylation sites (tertiary alicyclic amines) is 1. The van der Waals surface area contributed by atoms with E-state index in [1.165, 1.54) is 4.90 Å². The third-order valence-electron chi connectivity index (χ3n) is 8.08. The van der Waals surface area contributed by atoms with E-state index in [4.69, 9.17) is 0 Å². The Labute approximate surface area is 204 Å². The van der Waals surface area contributed by atoms with Crippen LogP contribution >= 0.6 is 31.9 Å². The molecule has 3 aromatic rings. The quantitative estimate of drug-likeness (QED) is 0.428. The molecule has 2 amide bonds. The Morgan fingerprint density at radius 1 is 1.00 bits per heavy atom. The molecule has 2 heterocycles. The topological polar surface area (TPSA) is 62.5 Å². The number of β-amino-alcohol motifs (C(OH)–C–C–N with tert-alkyl or cyclic N) is 1. The molecule has 168 valence electrons. The molecular weight excluding hydrogens is 536 g/mol. The molecule has 2 fully saturated rings. The largest absolute Gasteiger partial charge is 0.389 e. The van der Waals surface area contributed by atoms with Gasteiger partial charge in [-0.1, -0.05) is 52.6 Å². The van der Waals surface area contributed by atoms with E-state index in [1.54, 1.807) is 0 Å². The lowest BCUT2D eigenvalue weighted by Crippen LogP contribution is -2.60. The lowest BCUT2D eigenvalue weighted by atomic mass is 9.62. The number of carbonyl (C=O) groups excluding carboxylic acids is 2. The number of piperidine rings is 1. The molecule has 3 atom stereocenters. The van der Waals surface area contributed by atoms with Crippen LogP contribution in [0.2, 0.25) is 0 Å². The second-order valence-electron chi connectivity index (χ2n) is 9.99. The first-order valence-corrected chi connectivity index (χ1v) is 12.5. The molecule has 2 bridgehead atoms. The number of fused-ring (bicyclic) bond motifs is 5. The van der Waals surface area contributed by atoms with Gasteiger partial charge in [-0.3, -0.25) is 14.5 Å². The maximum absolute atomic E-state index is 13.3. The summed E-state index contributed by atoms with van der Waals surface area (Å²) in [6.07, 6.45) is 0.591. The van der Waals surface area contributed by atoms with Gasteiger partial charge in [0.15, 0.2) is 0 Å². The predicted molar refractivity (Wildman–Crippen MR) is 132 cm³/mol. The minimum atomic E-state index is -0.863. The van der Waals surface area contributed by atoms with Gasteiger partial charge in [0.1, 0.15) is 0 Å². The zero-order valence-corrected chi connectivity index (χ0v) is 21.5. The van der Waals surface area contributed by atoms with Crippen molar-refractivity contribution in [2.75, 3.05) is 6.54 Å². The van der Waals surface area contributed by atoms with Crippen molar-refractivity contribution in [2.24, 2.45) is 16.7 Å². The number of aliphatic hydroxyl groups is 1. The SMILES string of the molecule is CC1(C)[C@@H]2CC[C@]1(C)C(=O)N(C[C@H](O)Cn1c3ccc(Br)cc3c3cc(Br)ccc31)C2=O. The summed E-state index contributed by atoms with van der Waals surface area (Å²) in [6.45, 7) is 6.36. The fraction of sp³-hybridized carbons (Fsp3) is 0.440. The Bertz CT molecular complexity index is 1220. The van der Waals surface area contributed by atoms with E-state index in [-0.39, 0.29) is 29.7 Å². The highest BCUT2D eigenvalue weighted by molar-refractivity contribution is 9.10. The first kappa shape index (κ1) is 22.1. The van der Waals surface area contributed by atoms with E-state index in [0.29, 0.717) is 6.54 Å². The molecule has 5 nitrogen and oxygen atoms in total. The molecule has 32 heavy (non-hydrogen) atoms. The van der Waals surface area contributed by atoms with Crippen molar-refractivity contribution in [3.63, 3.8) is 0 Å². The molecule has 2 aromatic carbocycles. The van der Waals surface area contributed by atoms with E-state index in [9.17, 15) is 14.7 Å². The van der Waals surface area contributed by atoms with Crippen LogP contribution in [0.15, 0.2) is 45.3 Å². The highest BCUT2D eigenvalue weighted by Gasteiger charge is 2.64. The highest BCUT2D eigenvalue weighted by Crippen LogP contribution is 2.60. The van der Waals surface area contributed by atoms with Gasteiger partial charge in [0.2, 0.25) is 11.8 Å². The molecule has 1 saturated carbocycles. The summed E-state index contributed by atoms with van der Waals surface area (Å²) in [7, 11) is 0. The Balaban J connectivity index is 1.48.